The lowest BCUT2D eigenvalue weighted by atomic mass is 9.78. The van der Waals surface area contributed by atoms with Crippen LogP contribution in [0.15, 0.2) is 12.1 Å². The van der Waals surface area contributed by atoms with Gasteiger partial charge in [-0.05, 0) is 34.4 Å². The number of phenolic OH excluding ortho intramolecular Hbond substituents is 1. The highest BCUT2D eigenvalue weighted by Crippen LogP contribution is 2.39. The van der Waals surface area contributed by atoms with E-state index in [0.29, 0.717) is 5.75 Å². The second kappa shape index (κ2) is 6.36. The number of benzene rings is 1. The SMILES string of the molecule is CC[C@H](N)c1cc(C(C)(C)C)cc(C(C)(C)C)c1O.Cl. The minimum Gasteiger partial charge on any atom is -0.507 e. The zero-order valence-corrected chi connectivity index (χ0v) is 14.7. The Balaban J connectivity index is 0.00000361. The summed E-state index contributed by atoms with van der Waals surface area (Å²) in [5.74, 6) is 0.370. The summed E-state index contributed by atoms with van der Waals surface area (Å²) in [4.78, 5) is 0. The molecule has 3 N–H and O–H groups in total. The average Bonchev–Trinajstić information content (AvgIpc) is 2.25. The van der Waals surface area contributed by atoms with E-state index in [0.717, 1.165) is 17.5 Å². The van der Waals surface area contributed by atoms with Gasteiger partial charge in [-0.15, -0.1) is 12.4 Å². The van der Waals surface area contributed by atoms with Gasteiger partial charge in [0.1, 0.15) is 5.75 Å². The zero-order valence-electron chi connectivity index (χ0n) is 13.9. The van der Waals surface area contributed by atoms with E-state index < -0.39 is 0 Å². The summed E-state index contributed by atoms with van der Waals surface area (Å²) in [7, 11) is 0. The smallest absolute Gasteiger partial charge is 0.124 e. The largest absolute Gasteiger partial charge is 0.507 e. The lowest BCUT2D eigenvalue weighted by molar-refractivity contribution is 0.431. The Kier molecular flexibility index (Phi) is 6.13. The fourth-order valence-corrected chi connectivity index (χ4v) is 2.16. The van der Waals surface area contributed by atoms with Crippen molar-refractivity contribution < 1.29 is 5.11 Å². The van der Waals surface area contributed by atoms with Crippen LogP contribution in [0, 0.1) is 0 Å². The summed E-state index contributed by atoms with van der Waals surface area (Å²) in [6.45, 7) is 15.0. The molecule has 0 spiro atoms. The molecule has 1 aromatic carbocycles. The highest BCUT2D eigenvalue weighted by Gasteiger charge is 2.26. The van der Waals surface area contributed by atoms with Crippen LogP contribution in [0.4, 0.5) is 0 Å². The summed E-state index contributed by atoms with van der Waals surface area (Å²) in [5, 5.41) is 10.5. The molecule has 0 aromatic heterocycles. The van der Waals surface area contributed by atoms with Gasteiger partial charge in [-0.25, -0.2) is 0 Å². The van der Waals surface area contributed by atoms with Crippen molar-refractivity contribution in [2.45, 2.75) is 71.8 Å². The van der Waals surface area contributed by atoms with Crippen molar-refractivity contribution >= 4 is 12.4 Å². The van der Waals surface area contributed by atoms with Gasteiger partial charge in [0, 0.05) is 11.6 Å². The Morgan fingerprint density at radius 1 is 1.05 bits per heavy atom. The molecule has 0 saturated heterocycles. The van der Waals surface area contributed by atoms with Crippen LogP contribution >= 0.6 is 12.4 Å². The molecule has 116 valence electrons. The first-order valence-electron chi connectivity index (χ1n) is 7.12. The molecule has 0 aliphatic heterocycles. The van der Waals surface area contributed by atoms with Gasteiger partial charge < -0.3 is 10.8 Å². The van der Waals surface area contributed by atoms with Crippen LogP contribution in [-0.2, 0) is 10.8 Å². The van der Waals surface area contributed by atoms with Gasteiger partial charge in [0.15, 0.2) is 0 Å². The molecule has 3 heteroatoms. The van der Waals surface area contributed by atoms with Crippen LogP contribution in [0.2, 0.25) is 0 Å². The molecule has 1 aromatic rings. The Hall–Kier alpha value is -0.730. The lowest BCUT2D eigenvalue weighted by Gasteiger charge is -2.28. The molecular formula is C17H30ClNO. The van der Waals surface area contributed by atoms with E-state index in [1.807, 2.05) is 6.92 Å². The Morgan fingerprint density at radius 3 is 1.90 bits per heavy atom. The third kappa shape index (κ3) is 4.13. The highest BCUT2D eigenvalue weighted by molar-refractivity contribution is 5.85. The van der Waals surface area contributed by atoms with Crippen LogP contribution in [0.3, 0.4) is 0 Å². The minimum absolute atomic E-state index is 0. The van der Waals surface area contributed by atoms with E-state index in [2.05, 4.69) is 53.7 Å². The maximum Gasteiger partial charge on any atom is 0.124 e. The van der Waals surface area contributed by atoms with E-state index in [1.165, 1.54) is 5.56 Å². The number of rotatable bonds is 2. The lowest BCUT2D eigenvalue weighted by Crippen LogP contribution is -2.19. The third-order valence-electron chi connectivity index (χ3n) is 3.65. The zero-order chi connectivity index (χ0) is 15.0. The van der Waals surface area contributed by atoms with Crippen molar-refractivity contribution in [2.24, 2.45) is 5.73 Å². The molecule has 0 heterocycles. The molecule has 0 amide bonds. The topological polar surface area (TPSA) is 46.2 Å². The average molecular weight is 300 g/mol. The molecule has 2 nitrogen and oxygen atoms in total. The Morgan fingerprint density at radius 2 is 1.55 bits per heavy atom. The maximum absolute atomic E-state index is 10.5. The van der Waals surface area contributed by atoms with Crippen molar-refractivity contribution in [2.75, 3.05) is 0 Å². The number of halogens is 1. The number of hydrogen-bond acceptors (Lipinski definition) is 2. The predicted molar refractivity (Wildman–Crippen MR) is 90.0 cm³/mol. The fraction of sp³-hybridized carbons (Fsp3) is 0.647. The molecule has 1 rings (SSSR count). The predicted octanol–water partition coefficient (Wildman–Crippen LogP) is 4.82. The van der Waals surface area contributed by atoms with Gasteiger partial charge in [-0.2, -0.15) is 0 Å². The molecule has 0 fully saturated rings. The van der Waals surface area contributed by atoms with Crippen LogP contribution < -0.4 is 5.73 Å². The van der Waals surface area contributed by atoms with E-state index in [-0.39, 0.29) is 29.3 Å². The second-order valence-corrected chi connectivity index (χ2v) is 7.48. The van der Waals surface area contributed by atoms with Crippen LogP contribution in [0.5, 0.6) is 5.75 Å². The van der Waals surface area contributed by atoms with Crippen molar-refractivity contribution in [3.05, 3.63) is 28.8 Å². The first kappa shape index (κ1) is 19.3. The van der Waals surface area contributed by atoms with Gasteiger partial charge in [0.25, 0.3) is 0 Å². The van der Waals surface area contributed by atoms with Crippen molar-refractivity contribution in [3.63, 3.8) is 0 Å². The van der Waals surface area contributed by atoms with Crippen molar-refractivity contribution in [1.82, 2.24) is 0 Å². The quantitative estimate of drug-likeness (QED) is 0.822. The summed E-state index contributed by atoms with van der Waals surface area (Å²) in [6, 6.07) is 4.09. The molecule has 20 heavy (non-hydrogen) atoms. The van der Waals surface area contributed by atoms with Gasteiger partial charge in [0.05, 0.1) is 0 Å². The monoisotopic (exact) mass is 299 g/mol. The number of nitrogens with two attached hydrogens (primary N) is 1. The van der Waals surface area contributed by atoms with E-state index in [1.54, 1.807) is 0 Å². The normalized spacial score (nSPS) is 13.8. The molecule has 0 radical (unpaired) electrons. The summed E-state index contributed by atoms with van der Waals surface area (Å²) in [5.41, 5.74) is 9.21. The van der Waals surface area contributed by atoms with Crippen LogP contribution in [0.25, 0.3) is 0 Å². The summed E-state index contributed by atoms with van der Waals surface area (Å²) in [6.07, 6.45) is 0.824. The summed E-state index contributed by atoms with van der Waals surface area (Å²) < 4.78 is 0. The number of aromatic hydroxyl groups is 1. The second-order valence-electron chi connectivity index (χ2n) is 7.48. The highest BCUT2D eigenvalue weighted by atomic mass is 35.5. The van der Waals surface area contributed by atoms with Gasteiger partial charge >= 0.3 is 0 Å². The molecule has 0 bridgehead atoms. The van der Waals surface area contributed by atoms with E-state index in [9.17, 15) is 5.11 Å². The molecule has 1 atom stereocenters. The van der Waals surface area contributed by atoms with Crippen molar-refractivity contribution in [1.29, 1.82) is 0 Å². The van der Waals surface area contributed by atoms with Crippen LogP contribution in [-0.4, -0.2) is 5.11 Å². The van der Waals surface area contributed by atoms with Gasteiger partial charge in [0.2, 0.25) is 0 Å². The maximum atomic E-state index is 10.5. The minimum atomic E-state index is -0.108. The van der Waals surface area contributed by atoms with E-state index in [4.69, 9.17) is 5.73 Å². The van der Waals surface area contributed by atoms with Gasteiger partial charge in [-0.1, -0.05) is 54.5 Å². The summed E-state index contributed by atoms with van der Waals surface area (Å²) >= 11 is 0. The molecule has 0 aliphatic rings. The number of phenols is 1. The standard InChI is InChI=1S/C17H29NO.ClH/c1-8-14(18)12-9-11(16(2,3)4)10-13(15(12)19)17(5,6)7;/h9-10,14,19H,8,18H2,1-7H3;1H/t14-;/m0./s1. The van der Waals surface area contributed by atoms with Crippen LogP contribution in [0.1, 0.15) is 77.6 Å². The Bertz CT molecular complexity index is 455. The third-order valence-corrected chi connectivity index (χ3v) is 3.65. The molecular weight excluding hydrogens is 270 g/mol. The molecule has 0 saturated carbocycles. The van der Waals surface area contributed by atoms with E-state index >= 15 is 0 Å². The molecule has 0 unspecified atom stereocenters. The Labute approximate surface area is 130 Å². The van der Waals surface area contributed by atoms with Gasteiger partial charge in [-0.3, -0.25) is 0 Å². The first-order chi connectivity index (χ1) is 8.48. The first-order valence-corrected chi connectivity index (χ1v) is 7.12. The fourth-order valence-electron chi connectivity index (χ4n) is 2.16. The van der Waals surface area contributed by atoms with Crippen molar-refractivity contribution in [3.8, 4) is 5.75 Å². The number of hydrogen-bond donors (Lipinski definition) is 2. The molecule has 0 aliphatic carbocycles.